The lowest BCUT2D eigenvalue weighted by atomic mass is 9.94. The summed E-state index contributed by atoms with van der Waals surface area (Å²) in [5, 5.41) is 0. The van der Waals surface area contributed by atoms with Crippen molar-refractivity contribution < 1.29 is 16.9 Å². The smallest absolute Gasteiger partial charge is 0.0975 e. The molecule has 0 aromatic carbocycles. The Hall–Kier alpha value is -0.530. The molecule has 0 radical (unpaired) electrons. The number of nitrogens with zero attached hydrogens (tertiary/aromatic N) is 1. The highest BCUT2D eigenvalue weighted by atomic mass is 35.5. The quantitative estimate of drug-likeness (QED) is 0.431. The third-order valence-corrected chi connectivity index (χ3v) is 3.17. The van der Waals surface area contributed by atoms with Crippen LogP contribution in [0.4, 0.5) is 0 Å². The van der Waals surface area contributed by atoms with E-state index in [1.807, 2.05) is 18.2 Å². The van der Waals surface area contributed by atoms with Gasteiger partial charge in [-0.05, 0) is 26.0 Å². The largest absolute Gasteiger partial charge is 1.00 e. The number of likely N-dealkylation sites (N-methyl/N-ethyl adjacent to an activating group) is 1. The van der Waals surface area contributed by atoms with Crippen molar-refractivity contribution in [1.82, 2.24) is 0 Å². The van der Waals surface area contributed by atoms with Gasteiger partial charge in [-0.2, -0.15) is 0 Å². The number of hydrogen-bond donors (Lipinski definition) is 0. The van der Waals surface area contributed by atoms with Crippen LogP contribution in [0.1, 0.15) is 20.3 Å². The minimum absolute atomic E-state index is 0. The van der Waals surface area contributed by atoms with E-state index in [1.165, 1.54) is 0 Å². The Bertz CT molecular complexity index is 209. The lowest BCUT2D eigenvalue weighted by Gasteiger charge is -2.46. The van der Waals surface area contributed by atoms with Crippen LogP contribution in [-0.2, 0) is 0 Å². The zero-order valence-electron chi connectivity index (χ0n) is 10.3. The molecule has 1 nitrogen and oxygen atoms in total. The minimum atomic E-state index is 0. The monoisotopic (exact) mass is 229 g/mol. The maximum absolute atomic E-state index is 3.83. The highest BCUT2D eigenvalue weighted by molar-refractivity contribution is 4.85. The van der Waals surface area contributed by atoms with E-state index in [1.54, 1.807) is 0 Å². The van der Waals surface area contributed by atoms with Gasteiger partial charge in [-0.25, -0.2) is 0 Å². The van der Waals surface area contributed by atoms with Crippen LogP contribution < -0.4 is 12.4 Å². The summed E-state index contributed by atoms with van der Waals surface area (Å²) in [4.78, 5) is 0. The molecule has 0 aliphatic heterocycles. The fraction of sp³-hybridized carbons (Fsp3) is 0.538. The van der Waals surface area contributed by atoms with E-state index < -0.39 is 0 Å². The van der Waals surface area contributed by atoms with Crippen molar-refractivity contribution in [3.8, 4) is 0 Å². The molecule has 0 saturated carbocycles. The molecule has 0 bridgehead atoms. The predicted molar refractivity (Wildman–Crippen MR) is 65.2 cm³/mol. The Balaban J connectivity index is 0. The Labute approximate surface area is 101 Å². The van der Waals surface area contributed by atoms with Crippen LogP contribution >= 0.6 is 0 Å². The van der Waals surface area contributed by atoms with Gasteiger partial charge in [0.1, 0.15) is 0 Å². The van der Waals surface area contributed by atoms with Crippen molar-refractivity contribution in [1.29, 1.82) is 0 Å². The summed E-state index contributed by atoms with van der Waals surface area (Å²) in [5.74, 6) is 0. The topological polar surface area (TPSA) is 0 Å². The average Bonchev–Trinajstić information content (AvgIpc) is 2.04. The van der Waals surface area contributed by atoms with Crippen LogP contribution in [0.2, 0.25) is 0 Å². The maximum Gasteiger partial charge on any atom is 0.0975 e. The van der Waals surface area contributed by atoms with E-state index >= 15 is 0 Å². The molecule has 0 N–H and O–H groups in total. The number of quaternary nitrogens is 1. The van der Waals surface area contributed by atoms with Crippen molar-refractivity contribution in [2.45, 2.75) is 25.8 Å². The Morgan fingerprint density at radius 2 is 1.40 bits per heavy atom. The third-order valence-electron chi connectivity index (χ3n) is 3.17. The highest BCUT2D eigenvalue weighted by Gasteiger charge is 2.36. The number of rotatable bonds is 7. The lowest BCUT2D eigenvalue weighted by molar-refractivity contribution is -0.945. The van der Waals surface area contributed by atoms with Crippen LogP contribution in [0, 0.1) is 0 Å². The van der Waals surface area contributed by atoms with E-state index in [9.17, 15) is 0 Å². The molecule has 0 amide bonds. The molecule has 0 heterocycles. The second-order valence-electron chi connectivity index (χ2n) is 4.64. The average molecular weight is 230 g/mol. The lowest BCUT2D eigenvalue weighted by Crippen LogP contribution is -3.00. The standard InChI is InChI=1S/C13H24N.ClH/c1-7-10-13(4,5)14(6,11-8-2)12-9-3;/h7-9H,1-3,10-12H2,4-6H3;1H/q+1;/p-1. The molecule has 0 aliphatic carbocycles. The summed E-state index contributed by atoms with van der Waals surface area (Å²) in [6.45, 7) is 17.9. The first-order chi connectivity index (χ1) is 6.43. The van der Waals surface area contributed by atoms with E-state index in [2.05, 4.69) is 40.6 Å². The summed E-state index contributed by atoms with van der Waals surface area (Å²) in [6.07, 6.45) is 6.95. The Morgan fingerprint density at radius 3 is 1.67 bits per heavy atom. The van der Waals surface area contributed by atoms with Crippen LogP contribution in [0.5, 0.6) is 0 Å². The zero-order valence-corrected chi connectivity index (χ0v) is 11.1. The molecule has 0 aliphatic rings. The van der Waals surface area contributed by atoms with Gasteiger partial charge in [0.25, 0.3) is 0 Å². The van der Waals surface area contributed by atoms with Gasteiger partial charge in [0.2, 0.25) is 0 Å². The summed E-state index contributed by atoms with van der Waals surface area (Å²) < 4.78 is 0.937. The van der Waals surface area contributed by atoms with Crippen molar-refractivity contribution in [2.75, 3.05) is 20.1 Å². The van der Waals surface area contributed by atoms with Gasteiger partial charge in [0, 0.05) is 6.42 Å². The summed E-state index contributed by atoms with van der Waals surface area (Å²) in [6, 6.07) is 0. The molecule has 0 saturated heterocycles. The highest BCUT2D eigenvalue weighted by Crippen LogP contribution is 2.26. The molecule has 0 fully saturated rings. The van der Waals surface area contributed by atoms with E-state index in [-0.39, 0.29) is 17.9 Å². The molecular formula is C13H24ClN. The van der Waals surface area contributed by atoms with E-state index in [0.29, 0.717) is 0 Å². The SMILES string of the molecule is C=CCC(C)(C)[N+](C)(CC=C)CC=C.[Cl-]. The molecule has 0 aromatic heterocycles. The van der Waals surface area contributed by atoms with Crippen LogP contribution in [0.3, 0.4) is 0 Å². The van der Waals surface area contributed by atoms with Gasteiger partial charge in [0.05, 0.1) is 25.7 Å². The zero-order chi connectivity index (χ0) is 11.2. The van der Waals surface area contributed by atoms with Gasteiger partial charge in [0.15, 0.2) is 0 Å². The normalized spacial score (nSPS) is 11.4. The molecule has 0 spiro atoms. The van der Waals surface area contributed by atoms with Gasteiger partial charge < -0.3 is 16.9 Å². The van der Waals surface area contributed by atoms with Gasteiger partial charge in [-0.15, -0.1) is 6.58 Å². The van der Waals surface area contributed by atoms with Gasteiger partial charge >= 0.3 is 0 Å². The second kappa shape index (κ2) is 6.86. The van der Waals surface area contributed by atoms with Crippen molar-refractivity contribution >= 4 is 0 Å². The predicted octanol–water partition coefficient (Wildman–Crippen LogP) is 0.164. The van der Waals surface area contributed by atoms with Crippen molar-refractivity contribution in [3.05, 3.63) is 38.0 Å². The molecule has 15 heavy (non-hydrogen) atoms. The molecule has 88 valence electrons. The fourth-order valence-electron chi connectivity index (χ4n) is 1.71. The van der Waals surface area contributed by atoms with Crippen LogP contribution in [0.15, 0.2) is 38.0 Å². The first-order valence-corrected chi connectivity index (χ1v) is 5.11. The van der Waals surface area contributed by atoms with Gasteiger partial charge in [-0.3, -0.25) is 0 Å². The fourth-order valence-corrected chi connectivity index (χ4v) is 1.71. The molecular weight excluding hydrogens is 206 g/mol. The Morgan fingerprint density at radius 1 is 1.00 bits per heavy atom. The molecule has 0 atom stereocenters. The third kappa shape index (κ3) is 4.23. The first kappa shape index (κ1) is 16.9. The van der Waals surface area contributed by atoms with Crippen molar-refractivity contribution in [3.63, 3.8) is 0 Å². The maximum atomic E-state index is 3.83. The first-order valence-electron chi connectivity index (χ1n) is 5.11. The van der Waals surface area contributed by atoms with Crippen molar-refractivity contribution in [2.24, 2.45) is 0 Å². The van der Waals surface area contributed by atoms with E-state index in [0.717, 1.165) is 24.0 Å². The second-order valence-corrected chi connectivity index (χ2v) is 4.64. The molecule has 0 unspecified atom stereocenters. The molecule has 2 heteroatoms. The number of halogens is 1. The number of hydrogen-bond acceptors (Lipinski definition) is 0. The van der Waals surface area contributed by atoms with Gasteiger partial charge in [-0.1, -0.05) is 19.2 Å². The molecule has 0 rings (SSSR count). The summed E-state index contributed by atoms with van der Waals surface area (Å²) in [5.41, 5.74) is 0.185. The summed E-state index contributed by atoms with van der Waals surface area (Å²) >= 11 is 0. The van der Waals surface area contributed by atoms with Crippen LogP contribution in [0.25, 0.3) is 0 Å². The summed E-state index contributed by atoms with van der Waals surface area (Å²) in [7, 11) is 2.24. The minimum Gasteiger partial charge on any atom is -1.00 e. The van der Waals surface area contributed by atoms with Crippen LogP contribution in [-0.4, -0.2) is 30.2 Å². The Kier molecular flexibility index (Phi) is 7.72. The molecule has 0 aromatic rings. The van der Waals surface area contributed by atoms with E-state index in [4.69, 9.17) is 0 Å².